The fourth-order valence-electron chi connectivity index (χ4n) is 7.24. The summed E-state index contributed by atoms with van der Waals surface area (Å²) in [6.45, 7) is 11.5. The van der Waals surface area contributed by atoms with Crippen molar-refractivity contribution < 1.29 is 23.8 Å². The van der Waals surface area contributed by atoms with Crippen LogP contribution in [0.5, 0.6) is 0 Å². The molecule has 3 aliphatic heterocycles. The Hall–Kier alpha value is -3.12. The van der Waals surface area contributed by atoms with Gasteiger partial charge in [-0.15, -0.1) is 0 Å². The molecule has 45 heavy (non-hydrogen) atoms. The number of nitrogens with zero attached hydrogens (tertiary/aromatic N) is 2. The molecule has 0 amide bonds. The van der Waals surface area contributed by atoms with Crippen LogP contribution in [0.3, 0.4) is 0 Å². The number of aryl methyl sites for hydroxylation is 1. The van der Waals surface area contributed by atoms with Crippen LogP contribution in [-0.4, -0.2) is 62.8 Å². The molecule has 3 fully saturated rings. The Balaban J connectivity index is 1.33. The number of piperidine rings is 1. The highest BCUT2D eigenvalue weighted by Gasteiger charge is 2.68. The summed E-state index contributed by atoms with van der Waals surface area (Å²) >= 11 is 0. The second-order valence-electron chi connectivity index (χ2n) is 13.8. The monoisotopic (exact) mass is 619 g/mol. The Labute approximate surface area is 264 Å². The second kappa shape index (κ2) is 12.6. The average molecular weight is 620 g/mol. The van der Waals surface area contributed by atoms with E-state index in [1.807, 2.05) is 60.7 Å². The third-order valence-corrected chi connectivity index (χ3v) is 9.43. The minimum atomic E-state index is -1.10. The predicted octanol–water partition coefficient (Wildman–Crippen LogP) is 4.66. The van der Waals surface area contributed by atoms with Gasteiger partial charge in [-0.05, 0) is 65.0 Å². The fraction of sp³-hybridized carbons (Fsp3) is 0.543. The van der Waals surface area contributed by atoms with Gasteiger partial charge in [0, 0.05) is 22.8 Å². The largest absolute Gasteiger partial charge is 0.374 e. The van der Waals surface area contributed by atoms with E-state index >= 15 is 0 Å². The minimum Gasteiger partial charge on any atom is -0.374 e. The number of benzene rings is 2. The van der Waals surface area contributed by atoms with Crippen molar-refractivity contribution in [2.45, 2.75) is 108 Å². The summed E-state index contributed by atoms with van der Waals surface area (Å²) in [6, 6.07) is 19.9. The highest BCUT2D eigenvalue weighted by molar-refractivity contribution is 5.18. The van der Waals surface area contributed by atoms with Crippen LogP contribution in [0.2, 0.25) is 0 Å². The first-order chi connectivity index (χ1) is 21.5. The average Bonchev–Trinajstić information content (AvgIpc) is 3.46. The smallest absolute Gasteiger partial charge is 0.330 e. The van der Waals surface area contributed by atoms with Crippen molar-refractivity contribution in [3.8, 4) is 0 Å². The second-order valence-corrected chi connectivity index (χ2v) is 13.8. The quantitative estimate of drug-likeness (QED) is 0.331. The van der Waals surface area contributed by atoms with Gasteiger partial charge >= 0.3 is 5.69 Å². The number of H-pyrrole nitrogens is 1. The third-order valence-electron chi connectivity index (χ3n) is 9.43. The maximum Gasteiger partial charge on any atom is 0.330 e. The van der Waals surface area contributed by atoms with Gasteiger partial charge in [-0.2, -0.15) is 5.06 Å². The van der Waals surface area contributed by atoms with Crippen molar-refractivity contribution in [1.82, 2.24) is 14.6 Å². The van der Waals surface area contributed by atoms with Gasteiger partial charge in [0.1, 0.15) is 18.3 Å². The van der Waals surface area contributed by atoms with Gasteiger partial charge in [0.15, 0.2) is 11.8 Å². The van der Waals surface area contributed by atoms with Gasteiger partial charge in [-0.25, -0.2) is 4.79 Å². The Morgan fingerprint density at radius 3 is 2.18 bits per heavy atom. The van der Waals surface area contributed by atoms with Gasteiger partial charge < -0.3 is 18.9 Å². The Bertz CT molecular complexity index is 1560. The molecule has 2 aromatic carbocycles. The molecule has 0 spiro atoms. The van der Waals surface area contributed by atoms with Crippen LogP contribution in [0.1, 0.15) is 69.9 Å². The number of rotatable bonds is 11. The summed E-state index contributed by atoms with van der Waals surface area (Å²) in [7, 11) is 0. The summed E-state index contributed by atoms with van der Waals surface area (Å²) in [4.78, 5) is 34.3. The lowest BCUT2D eigenvalue weighted by Crippen LogP contribution is -2.60. The molecule has 1 N–H and O–H groups in total. The number of hydrogen-bond acceptors (Lipinski definition) is 8. The molecule has 10 heteroatoms. The molecule has 0 saturated carbocycles. The molecule has 0 unspecified atom stereocenters. The standard InChI is InChI=1S/C35H45N3O7/c1-24-19-37(32(40)36-30(24)39)31-28-29(42-21-26-15-10-7-11-16-26)35(45-31,23-41-20-25-13-8-6-9-14-25)27(44-28)22-43-38-33(2,3)17-12-18-34(38,4)5/h6-11,13-16,19,27-29,31H,12,17-18,20-23H2,1-5H3,(H,36,39,40)/t27-,28-,29+,31-,35+/m1/s1. The summed E-state index contributed by atoms with van der Waals surface area (Å²) in [6.07, 6.45) is 2.05. The van der Waals surface area contributed by atoms with Crippen molar-refractivity contribution in [1.29, 1.82) is 0 Å². The zero-order valence-electron chi connectivity index (χ0n) is 26.9. The van der Waals surface area contributed by atoms with Gasteiger partial charge in [0.2, 0.25) is 0 Å². The molecule has 6 rings (SSSR count). The molecule has 3 aromatic rings. The molecule has 10 nitrogen and oxygen atoms in total. The number of hydrogen-bond donors (Lipinski definition) is 1. The van der Waals surface area contributed by atoms with Gasteiger partial charge in [-0.3, -0.25) is 19.2 Å². The highest BCUT2D eigenvalue weighted by atomic mass is 16.7. The summed E-state index contributed by atoms with van der Waals surface area (Å²) < 4.78 is 28.0. The van der Waals surface area contributed by atoms with Crippen LogP contribution in [0, 0.1) is 6.92 Å². The van der Waals surface area contributed by atoms with Crippen molar-refractivity contribution in [3.05, 3.63) is 104 Å². The molecule has 0 radical (unpaired) electrons. The third kappa shape index (κ3) is 6.32. The van der Waals surface area contributed by atoms with E-state index in [0.717, 1.165) is 30.4 Å². The molecule has 0 aliphatic carbocycles. The SMILES string of the molecule is Cc1cn([C@@H]2O[C@@]3(COCc4ccccc4)[C@@H](CON4C(C)(C)CCCC4(C)C)O[C@@H]2[C@@H]3OCc2ccccc2)c(=O)[nH]c1=O. The zero-order chi connectivity index (χ0) is 31.8. The van der Waals surface area contributed by atoms with E-state index in [-0.39, 0.29) is 24.3 Å². The first-order valence-electron chi connectivity index (χ1n) is 15.9. The molecule has 3 saturated heterocycles. The molecular weight excluding hydrogens is 574 g/mol. The lowest BCUT2D eigenvalue weighted by Gasteiger charge is -2.52. The number of aromatic nitrogens is 2. The zero-order valence-corrected chi connectivity index (χ0v) is 26.9. The van der Waals surface area contributed by atoms with Crippen LogP contribution >= 0.6 is 0 Å². The van der Waals surface area contributed by atoms with E-state index < -0.39 is 41.4 Å². The topological polar surface area (TPSA) is 104 Å². The van der Waals surface area contributed by atoms with E-state index in [9.17, 15) is 9.59 Å². The van der Waals surface area contributed by atoms with Gasteiger partial charge in [-0.1, -0.05) is 60.7 Å². The van der Waals surface area contributed by atoms with E-state index in [4.69, 9.17) is 23.8 Å². The number of nitrogens with one attached hydrogen (secondary N) is 1. The first kappa shape index (κ1) is 31.8. The lowest BCUT2D eigenvalue weighted by molar-refractivity contribution is -0.313. The van der Waals surface area contributed by atoms with E-state index in [1.165, 1.54) is 10.8 Å². The minimum absolute atomic E-state index is 0.145. The molecule has 1 aromatic heterocycles. The van der Waals surface area contributed by atoms with Crippen LogP contribution in [0.25, 0.3) is 0 Å². The van der Waals surface area contributed by atoms with E-state index in [0.29, 0.717) is 18.8 Å². The summed E-state index contributed by atoms with van der Waals surface area (Å²) in [5.41, 5.74) is -0.0128. The predicted molar refractivity (Wildman–Crippen MR) is 168 cm³/mol. The number of ether oxygens (including phenoxy) is 4. The Kier molecular flexibility index (Phi) is 8.91. The molecular formula is C35H45N3O7. The van der Waals surface area contributed by atoms with Crippen molar-refractivity contribution in [2.75, 3.05) is 13.2 Å². The summed E-state index contributed by atoms with van der Waals surface area (Å²) in [5.74, 6) is 0. The van der Waals surface area contributed by atoms with Crippen LogP contribution in [0.15, 0.2) is 76.4 Å². The molecule has 3 aliphatic rings. The van der Waals surface area contributed by atoms with Crippen LogP contribution in [0.4, 0.5) is 0 Å². The van der Waals surface area contributed by atoms with E-state index in [2.05, 4.69) is 37.7 Å². The van der Waals surface area contributed by atoms with Crippen molar-refractivity contribution in [3.63, 3.8) is 0 Å². The number of aromatic amines is 1. The Morgan fingerprint density at radius 2 is 1.53 bits per heavy atom. The molecule has 5 atom stereocenters. The fourth-order valence-corrected chi connectivity index (χ4v) is 7.24. The summed E-state index contributed by atoms with van der Waals surface area (Å²) in [5, 5.41) is 2.12. The van der Waals surface area contributed by atoms with Crippen LogP contribution < -0.4 is 11.2 Å². The maximum atomic E-state index is 13.1. The van der Waals surface area contributed by atoms with Crippen molar-refractivity contribution in [2.24, 2.45) is 0 Å². The highest BCUT2D eigenvalue weighted by Crippen LogP contribution is 2.51. The normalized spacial score (nSPS) is 28.8. The van der Waals surface area contributed by atoms with E-state index in [1.54, 1.807) is 6.92 Å². The van der Waals surface area contributed by atoms with Crippen LogP contribution in [-0.2, 0) is 37.0 Å². The first-order valence-corrected chi connectivity index (χ1v) is 15.9. The maximum absolute atomic E-state index is 13.1. The number of hydroxylamine groups is 2. The molecule has 242 valence electrons. The van der Waals surface area contributed by atoms with Gasteiger partial charge in [0.25, 0.3) is 5.56 Å². The number of fused-ring (bicyclic) bond motifs is 2. The van der Waals surface area contributed by atoms with Crippen molar-refractivity contribution >= 4 is 0 Å². The molecule has 4 heterocycles. The lowest BCUT2D eigenvalue weighted by atomic mass is 9.82. The Morgan fingerprint density at radius 1 is 0.911 bits per heavy atom. The van der Waals surface area contributed by atoms with Gasteiger partial charge in [0.05, 0.1) is 26.4 Å². The molecule has 2 bridgehead atoms.